The molecule has 33 heavy (non-hydrogen) atoms. The van der Waals surface area contributed by atoms with Crippen LogP contribution < -0.4 is 14.3 Å². The van der Waals surface area contributed by atoms with Crippen LogP contribution in [0.15, 0.2) is 66.7 Å². The van der Waals surface area contributed by atoms with Crippen LogP contribution in [-0.4, -0.2) is 49.2 Å². The fourth-order valence-electron chi connectivity index (χ4n) is 4.45. The van der Waals surface area contributed by atoms with Crippen molar-refractivity contribution in [2.24, 2.45) is 0 Å². The average molecular weight is 445 g/mol. The molecule has 1 saturated heterocycles. The van der Waals surface area contributed by atoms with Gasteiger partial charge in [0.05, 0.1) is 13.7 Å². The number of ether oxygens (including phenoxy) is 2. The maximum Gasteiger partial charge on any atom is 0.287 e. The van der Waals surface area contributed by atoms with E-state index in [-0.39, 0.29) is 5.91 Å². The van der Waals surface area contributed by atoms with Gasteiger partial charge in [-0.05, 0) is 61.3 Å². The van der Waals surface area contributed by atoms with Gasteiger partial charge in [0.15, 0.2) is 17.2 Å². The van der Waals surface area contributed by atoms with E-state index < -0.39 is 0 Å². The zero-order valence-corrected chi connectivity index (χ0v) is 18.8. The number of hydroxylamine groups is 2. The van der Waals surface area contributed by atoms with Gasteiger partial charge in [-0.3, -0.25) is 9.69 Å². The highest BCUT2D eigenvalue weighted by molar-refractivity contribution is 5.97. The molecular formula is C27H28N2O4. The first kappa shape index (κ1) is 21.3. The van der Waals surface area contributed by atoms with Gasteiger partial charge >= 0.3 is 0 Å². The lowest BCUT2D eigenvalue weighted by atomic mass is 10.0. The van der Waals surface area contributed by atoms with Gasteiger partial charge in [-0.2, -0.15) is 5.06 Å². The molecule has 0 radical (unpaired) electrons. The number of rotatable bonds is 8. The molecule has 0 unspecified atom stereocenters. The Kier molecular flexibility index (Phi) is 6.17. The first-order chi connectivity index (χ1) is 16.2. The third-order valence-electron chi connectivity index (χ3n) is 6.22. The predicted octanol–water partition coefficient (Wildman–Crippen LogP) is 4.79. The molecule has 0 aliphatic carbocycles. The summed E-state index contributed by atoms with van der Waals surface area (Å²) < 4.78 is 11.6. The zero-order chi connectivity index (χ0) is 22.6. The highest BCUT2D eigenvalue weighted by Crippen LogP contribution is 2.37. The molecule has 0 N–H and O–H groups in total. The van der Waals surface area contributed by atoms with Crippen LogP contribution in [0.25, 0.3) is 11.1 Å². The van der Waals surface area contributed by atoms with Crippen molar-refractivity contribution < 1.29 is 19.1 Å². The maximum absolute atomic E-state index is 12.8. The van der Waals surface area contributed by atoms with E-state index >= 15 is 0 Å². The number of hydrogen-bond acceptors (Lipinski definition) is 5. The molecule has 0 saturated carbocycles. The Hall–Kier alpha value is -3.51. The second-order valence-electron chi connectivity index (χ2n) is 8.35. The summed E-state index contributed by atoms with van der Waals surface area (Å²) in [6.45, 7) is 4.29. The highest BCUT2D eigenvalue weighted by Gasteiger charge is 2.29. The molecule has 0 aromatic heterocycles. The van der Waals surface area contributed by atoms with Crippen LogP contribution in [0.3, 0.4) is 0 Å². The van der Waals surface area contributed by atoms with Crippen molar-refractivity contribution in [3.05, 3.63) is 77.9 Å². The van der Waals surface area contributed by atoms with E-state index in [1.54, 1.807) is 7.11 Å². The van der Waals surface area contributed by atoms with Gasteiger partial charge in [0.2, 0.25) is 0 Å². The number of hydrogen-bond donors (Lipinski definition) is 0. The fraction of sp³-hybridized carbons (Fsp3) is 0.296. The van der Waals surface area contributed by atoms with E-state index in [4.69, 9.17) is 14.3 Å². The molecule has 2 aliphatic rings. The van der Waals surface area contributed by atoms with Crippen LogP contribution in [0.2, 0.25) is 0 Å². The number of amides is 1. The Balaban J connectivity index is 1.33. The molecule has 1 fully saturated rings. The molecule has 5 rings (SSSR count). The summed E-state index contributed by atoms with van der Waals surface area (Å²) in [5.74, 6) is 1.89. The normalized spacial score (nSPS) is 15.5. The van der Waals surface area contributed by atoms with Crippen molar-refractivity contribution in [2.75, 3.05) is 33.4 Å². The largest absolute Gasteiger partial charge is 0.493 e. The molecule has 0 spiro atoms. The lowest BCUT2D eigenvalue weighted by molar-refractivity contribution is -0.0319. The quantitative estimate of drug-likeness (QED) is 0.500. The fourth-order valence-corrected chi connectivity index (χ4v) is 4.45. The number of benzene rings is 3. The lowest BCUT2D eigenvalue weighted by Gasteiger charge is -2.19. The van der Waals surface area contributed by atoms with Gasteiger partial charge in [-0.1, -0.05) is 42.5 Å². The van der Waals surface area contributed by atoms with Crippen LogP contribution in [0.1, 0.15) is 28.8 Å². The summed E-state index contributed by atoms with van der Waals surface area (Å²) in [7, 11) is 1.65. The van der Waals surface area contributed by atoms with Gasteiger partial charge in [-0.15, -0.1) is 0 Å². The molecule has 6 nitrogen and oxygen atoms in total. The number of fused-ring (bicyclic) bond motifs is 1. The second-order valence-corrected chi connectivity index (χ2v) is 8.35. The Bertz CT molecular complexity index is 1140. The van der Waals surface area contributed by atoms with E-state index in [2.05, 4.69) is 4.90 Å². The number of methoxy groups -OCH3 is 1. The standard InChI is InChI=1S/C27H28N2O4/c1-31-26-18-20(12-13-25(26)32-17-16-28-14-6-7-15-28)22-9-4-5-11-24(22)33-29-19-21-8-2-3-10-23(21)27(29)30/h2-5,8-13,18H,6-7,14-17,19H2,1H3. The minimum atomic E-state index is -0.125. The Labute approximate surface area is 194 Å². The summed E-state index contributed by atoms with van der Waals surface area (Å²) in [4.78, 5) is 21.3. The predicted molar refractivity (Wildman–Crippen MR) is 127 cm³/mol. The van der Waals surface area contributed by atoms with E-state index in [0.29, 0.717) is 30.2 Å². The minimum Gasteiger partial charge on any atom is -0.493 e. The summed E-state index contributed by atoms with van der Waals surface area (Å²) >= 11 is 0. The third kappa shape index (κ3) is 4.52. The van der Waals surface area contributed by atoms with Crippen LogP contribution in [0.5, 0.6) is 17.2 Å². The molecule has 3 aromatic carbocycles. The zero-order valence-electron chi connectivity index (χ0n) is 18.8. The Morgan fingerprint density at radius 2 is 1.61 bits per heavy atom. The maximum atomic E-state index is 12.8. The van der Waals surface area contributed by atoms with Crippen molar-refractivity contribution in [3.8, 4) is 28.4 Å². The molecule has 170 valence electrons. The van der Waals surface area contributed by atoms with Crippen molar-refractivity contribution in [1.82, 2.24) is 9.96 Å². The van der Waals surface area contributed by atoms with Crippen molar-refractivity contribution in [3.63, 3.8) is 0 Å². The van der Waals surface area contributed by atoms with Crippen molar-refractivity contribution in [1.29, 1.82) is 0 Å². The minimum absolute atomic E-state index is 0.125. The number of carbonyl (C=O) groups excluding carboxylic acids is 1. The molecule has 2 heterocycles. The SMILES string of the molecule is COc1cc(-c2ccccc2ON2Cc3ccccc3C2=O)ccc1OCCN1CCCC1. The van der Waals surface area contributed by atoms with Gasteiger partial charge in [0.1, 0.15) is 6.61 Å². The van der Waals surface area contributed by atoms with E-state index in [1.807, 2.05) is 66.7 Å². The highest BCUT2D eigenvalue weighted by atomic mass is 16.7. The van der Waals surface area contributed by atoms with Gasteiger partial charge < -0.3 is 14.3 Å². The van der Waals surface area contributed by atoms with Gasteiger partial charge in [-0.25, -0.2) is 0 Å². The van der Waals surface area contributed by atoms with Crippen LogP contribution >= 0.6 is 0 Å². The smallest absolute Gasteiger partial charge is 0.287 e. The third-order valence-corrected chi connectivity index (χ3v) is 6.22. The van der Waals surface area contributed by atoms with Crippen molar-refractivity contribution >= 4 is 5.91 Å². The topological polar surface area (TPSA) is 51.2 Å². The Morgan fingerprint density at radius 1 is 0.848 bits per heavy atom. The molecule has 0 bridgehead atoms. The first-order valence-electron chi connectivity index (χ1n) is 11.4. The van der Waals surface area contributed by atoms with Crippen LogP contribution in [0, 0.1) is 0 Å². The molecule has 0 atom stereocenters. The van der Waals surface area contributed by atoms with Gasteiger partial charge in [0, 0.05) is 17.7 Å². The lowest BCUT2D eigenvalue weighted by Crippen LogP contribution is -2.27. The second kappa shape index (κ2) is 9.55. The average Bonchev–Trinajstić information content (AvgIpc) is 3.48. The van der Waals surface area contributed by atoms with Gasteiger partial charge in [0.25, 0.3) is 5.91 Å². The summed E-state index contributed by atoms with van der Waals surface area (Å²) in [6, 6.07) is 21.2. The monoisotopic (exact) mass is 444 g/mol. The van der Waals surface area contributed by atoms with Crippen LogP contribution in [-0.2, 0) is 6.54 Å². The Morgan fingerprint density at radius 3 is 2.39 bits per heavy atom. The number of carbonyl (C=O) groups is 1. The molecular weight excluding hydrogens is 416 g/mol. The molecule has 1 amide bonds. The van der Waals surface area contributed by atoms with Crippen LogP contribution in [0.4, 0.5) is 0 Å². The van der Waals surface area contributed by atoms with E-state index in [1.165, 1.54) is 17.9 Å². The molecule has 3 aromatic rings. The molecule has 6 heteroatoms. The number of likely N-dealkylation sites (tertiary alicyclic amines) is 1. The van der Waals surface area contributed by atoms with E-state index in [0.717, 1.165) is 42.1 Å². The first-order valence-corrected chi connectivity index (χ1v) is 11.4. The van der Waals surface area contributed by atoms with Crippen molar-refractivity contribution in [2.45, 2.75) is 19.4 Å². The number of para-hydroxylation sites is 1. The summed E-state index contributed by atoms with van der Waals surface area (Å²) in [6.07, 6.45) is 2.54. The summed E-state index contributed by atoms with van der Waals surface area (Å²) in [5.41, 5.74) is 3.46. The van der Waals surface area contributed by atoms with E-state index in [9.17, 15) is 4.79 Å². The summed E-state index contributed by atoms with van der Waals surface area (Å²) in [5, 5.41) is 1.41. The molecule has 2 aliphatic heterocycles. The number of nitrogens with zero attached hydrogens (tertiary/aromatic N) is 2.